The molecule has 0 bridgehead atoms. The van der Waals surface area contributed by atoms with Gasteiger partial charge < -0.3 is 16.0 Å². The van der Waals surface area contributed by atoms with Crippen LogP contribution in [0.15, 0.2) is 30.3 Å². The fourth-order valence-corrected chi connectivity index (χ4v) is 2.85. The highest BCUT2D eigenvalue weighted by Gasteiger charge is 2.31. The van der Waals surface area contributed by atoms with Crippen molar-refractivity contribution >= 4 is 11.8 Å². The van der Waals surface area contributed by atoms with Crippen LogP contribution in [-0.2, 0) is 9.59 Å². The molecule has 0 aliphatic carbocycles. The predicted molar refractivity (Wildman–Crippen MR) is 86.0 cm³/mol. The number of hydrogen-bond donors (Lipinski definition) is 2. The highest BCUT2D eigenvalue weighted by atomic mass is 16.2. The standard InChI is InChI=1S/C17H25N3O2/c1-2-16(21)20-11-7-6-10-15(20)17(22)19-12-14(18)13-8-4-3-5-9-13/h3-5,8-9,14-15H,2,6-7,10-12,18H2,1H3,(H,19,22). The highest BCUT2D eigenvalue weighted by molar-refractivity contribution is 5.87. The molecular weight excluding hydrogens is 278 g/mol. The molecule has 2 unspecified atom stereocenters. The molecule has 2 atom stereocenters. The summed E-state index contributed by atoms with van der Waals surface area (Å²) in [5.41, 5.74) is 7.09. The molecule has 0 aromatic heterocycles. The van der Waals surface area contributed by atoms with Crippen LogP contribution >= 0.6 is 0 Å². The van der Waals surface area contributed by atoms with Gasteiger partial charge in [-0.1, -0.05) is 37.3 Å². The Bertz CT molecular complexity index is 504. The summed E-state index contributed by atoms with van der Waals surface area (Å²) in [6.07, 6.45) is 3.13. The molecular formula is C17H25N3O2. The van der Waals surface area contributed by atoms with Gasteiger partial charge >= 0.3 is 0 Å². The number of likely N-dealkylation sites (tertiary alicyclic amines) is 1. The van der Waals surface area contributed by atoms with Crippen molar-refractivity contribution in [2.75, 3.05) is 13.1 Å². The molecule has 22 heavy (non-hydrogen) atoms. The van der Waals surface area contributed by atoms with Gasteiger partial charge in [-0.3, -0.25) is 9.59 Å². The van der Waals surface area contributed by atoms with Crippen molar-refractivity contribution in [2.45, 2.75) is 44.7 Å². The van der Waals surface area contributed by atoms with Crippen LogP contribution in [0, 0.1) is 0 Å². The fraction of sp³-hybridized carbons (Fsp3) is 0.529. The van der Waals surface area contributed by atoms with Crippen LogP contribution < -0.4 is 11.1 Å². The number of nitrogens with two attached hydrogens (primary N) is 1. The van der Waals surface area contributed by atoms with E-state index in [2.05, 4.69) is 5.32 Å². The number of rotatable bonds is 5. The van der Waals surface area contributed by atoms with E-state index < -0.39 is 0 Å². The third kappa shape index (κ3) is 4.07. The van der Waals surface area contributed by atoms with Crippen LogP contribution in [0.1, 0.15) is 44.2 Å². The highest BCUT2D eigenvalue weighted by Crippen LogP contribution is 2.18. The van der Waals surface area contributed by atoms with E-state index in [-0.39, 0.29) is 23.9 Å². The molecule has 1 fully saturated rings. The number of carbonyl (C=O) groups is 2. The van der Waals surface area contributed by atoms with E-state index in [1.807, 2.05) is 37.3 Å². The Morgan fingerprint density at radius 2 is 2.05 bits per heavy atom. The van der Waals surface area contributed by atoms with Gasteiger partial charge in [0.05, 0.1) is 0 Å². The minimum Gasteiger partial charge on any atom is -0.352 e. The first-order chi connectivity index (χ1) is 10.6. The molecule has 1 aliphatic heterocycles. The van der Waals surface area contributed by atoms with Gasteiger partial charge in [0.25, 0.3) is 0 Å². The second-order valence-electron chi connectivity index (χ2n) is 5.71. The van der Waals surface area contributed by atoms with E-state index in [1.165, 1.54) is 0 Å². The quantitative estimate of drug-likeness (QED) is 0.867. The largest absolute Gasteiger partial charge is 0.352 e. The Morgan fingerprint density at radius 3 is 2.73 bits per heavy atom. The summed E-state index contributed by atoms with van der Waals surface area (Å²) in [4.78, 5) is 26.1. The third-order valence-corrected chi connectivity index (χ3v) is 4.15. The van der Waals surface area contributed by atoms with E-state index in [1.54, 1.807) is 4.90 Å². The van der Waals surface area contributed by atoms with Crippen molar-refractivity contribution in [1.82, 2.24) is 10.2 Å². The van der Waals surface area contributed by atoms with Gasteiger partial charge in [-0.2, -0.15) is 0 Å². The van der Waals surface area contributed by atoms with Crippen molar-refractivity contribution in [3.63, 3.8) is 0 Å². The molecule has 2 amide bonds. The summed E-state index contributed by atoms with van der Waals surface area (Å²) in [7, 11) is 0. The zero-order chi connectivity index (χ0) is 15.9. The minimum atomic E-state index is -0.343. The third-order valence-electron chi connectivity index (χ3n) is 4.15. The van der Waals surface area contributed by atoms with Gasteiger partial charge in [-0.15, -0.1) is 0 Å². The minimum absolute atomic E-state index is 0.0483. The van der Waals surface area contributed by atoms with E-state index in [4.69, 9.17) is 5.73 Å². The van der Waals surface area contributed by atoms with Crippen LogP contribution in [0.3, 0.4) is 0 Å². The maximum absolute atomic E-state index is 12.4. The molecule has 0 spiro atoms. The molecule has 0 radical (unpaired) electrons. The molecule has 1 aromatic rings. The summed E-state index contributed by atoms with van der Waals surface area (Å²) in [5, 5.41) is 2.90. The van der Waals surface area contributed by atoms with Crippen molar-refractivity contribution in [1.29, 1.82) is 0 Å². The topological polar surface area (TPSA) is 75.4 Å². The Labute approximate surface area is 131 Å². The Balaban J connectivity index is 1.91. The summed E-state index contributed by atoms with van der Waals surface area (Å²) in [5.74, 6) is -0.0416. The van der Waals surface area contributed by atoms with E-state index in [0.717, 1.165) is 24.8 Å². The first kappa shape index (κ1) is 16.5. The van der Waals surface area contributed by atoms with Crippen LogP contribution in [0.4, 0.5) is 0 Å². The Hall–Kier alpha value is -1.88. The number of hydrogen-bond acceptors (Lipinski definition) is 3. The van der Waals surface area contributed by atoms with Crippen molar-refractivity contribution in [3.05, 3.63) is 35.9 Å². The van der Waals surface area contributed by atoms with Crippen LogP contribution in [0.25, 0.3) is 0 Å². The van der Waals surface area contributed by atoms with Crippen molar-refractivity contribution in [2.24, 2.45) is 5.73 Å². The zero-order valence-electron chi connectivity index (χ0n) is 13.1. The van der Waals surface area contributed by atoms with Gasteiger partial charge in [0, 0.05) is 25.6 Å². The van der Waals surface area contributed by atoms with Gasteiger partial charge in [0.2, 0.25) is 11.8 Å². The van der Waals surface area contributed by atoms with E-state index >= 15 is 0 Å². The lowest BCUT2D eigenvalue weighted by molar-refractivity contribution is -0.142. The van der Waals surface area contributed by atoms with Crippen LogP contribution in [-0.4, -0.2) is 35.8 Å². The van der Waals surface area contributed by atoms with E-state index in [9.17, 15) is 9.59 Å². The van der Waals surface area contributed by atoms with Crippen LogP contribution in [0.5, 0.6) is 0 Å². The maximum Gasteiger partial charge on any atom is 0.242 e. The number of piperidine rings is 1. The molecule has 3 N–H and O–H groups in total. The average molecular weight is 303 g/mol. The SMILES string of the molecule is CCC(=O)N1CCCCC1C(=O)NCC(N)c1ccccc1. The lowest BCUT2D eigenvalue weighted by atomic mass is 10.0. The molecule has 1 heterocycles. The summed E-state index contributed by atoms with van der Waals surface area (Å²) < 4.78 is 0. The fourth-order valence-electron chi connectivity index (χ4n) is 2.85. The summed E-state index contributed by atoms with van der Waals surface area (Å²) >= 11 is 0. The number of nitrogens with one attached hydrogen (secondary N) is 1. The number of nitrogens with zero attached hydrogens (tertiary/aromatic N) is 1. The van der Waals surface area contributed by atoms with Crippen molar-refractivity contribution in [3.8, 4) is 0 Å². The Morgan fingerprint density at radius 1 is 1.32 bits per heavy atom. The van der Waals surface area contributed by atoms with Gasteiger partial charge in [-0.05, 0) is 24.8 Å². The Kier molecular flexibility index (Phi) is 5.95. The number of carbonyl (C=O) groups excluding carboxylic acids is 2. The molecule has 5 nitrogen and oxygen atoms in total. The lowest BCUT2D eigenvalue weighted by Crippen LogP contribution is -2.52. The predicted octanol–water partition coefficient (Wildman–Crippen LogP) is 1.59. The second kappa shape index (κ2) is 7.94. The van der Waals surface area contributed by atoms with Gasteiger partial charge in [0.15, 0.2) is 0 Å². The first-order valence-corrected chi connectivity index (χ1v) is 8.01. The molecule has 2 rings (SSSR count). The second-order valence-corrected chi connectivity index (χ2v) is 5.71. The first-order valence-electron chi connectivity index (χ1n) is 8.01. The molecule has 120 valence electrons. The van der Waals surface area contributed by atoms with Crippen molar-refractivity contribution < 1.29 is 9.59 Å². The molecule has 1 aromatic carbocycles. The average Bonchev–Trinajstić information content (AvgIpc) is 2.59. The molecule has 5 heteroatoms. The van der Waals surface area contributed by atoms with Crippen LogP contribution in [0.2, 0.25) is 0 Å². The molecule has 1 aliphatic rings. The maximum atomic E-state index is 12.4. The van der Waals surface area contributed by atoms with E-state index in [0.29, 0.717) is 19.5 Å². The number of amides is 2. The van der Waals surface area contributed by atoms with Gasteiger partial charge in [0.1, 0.15) is 6.04 Å². The molecule has 1 saturated heterocycles. The smallest absolute Gasteiger partial charge is 0.242 e. The normalized spacial score (nSPS) is 19.5. The molecule has 0 saturated carbocycles. The van der Waals surface area contributed by atoms with Gasteiger partial charge in [-0.25, -0.2) is 0 Å². The zero-order valence-corrected chi connectivity index (χ0v) is 13.1. The summed E-state index contributed by atoms with van der Waals surface area (Å²) in [6, 6.07) is 9.12. The monoisotopic (exact) mass is 303 g/mol. The summed E-state index contributed by atoms with van der Waals surface area (Å²) in [6.45, 7) is 2.89. The lowest BCUT2D eigenvalue weighted by Gasteiger charge is -2.34. The number of benzene rings is 1.